The molecule has 36 heavy (non-hydrogen) atoms. The molecule has 3 heterocycles. The van der Waals surface area contributed by atoms with Crippen molar-refractivity contribution < 1.29 is 9.50 Å². The number of nitrogens with one attached hydrogen (secondary N) is 1. The molecule has 0 bridgehead atoms. The molecule has 186 valence electrons. The first-order valence-electron chi connectivity index (χ1n) is 12.3. The Kier molecular flexibility index (Phi) is 5.85. The fourth-order valence-electron chi connectivity index (χ4n) is 5.49. The first-order valence-corrected chi connectivity index (χ1v) is 13.9. The molecule has 1 aliphatic heterocycles. The van der Waals surface area contributed by atoms with Crippen LogP contribution in [0.25, 0.3) is 31.6 Å². The Morgan fingerprint density at radius 3 is 2.33 bits per heavy atom. The molecule has 1 saturated heterocycles. The predicted molar refractivity (Wildman–Crippen MR) is 145 cm³/mol. The van der Waals surface area contributed by atoms with Gasteiger partial charge in [-0.25, -0.2) is 14.4 Å². The Morgan fingerprint density at radius 2 is 1.67 bits per heavy atom. The Labute approximate surface area is 218 Å². The maximum Gasteiger partial charge on any atom is 0.164 e. The number of hydrogen-bond acceptors (Lipinski definition) is 7. The van der Waals surface area contributed by atoms with Gasteiger partial charge in [-0.15, -0.1) is 22.7 Å². The average Bonchev–Trinajstić information content (AvgIpc) is 3.52. The minimum Gasteiger partial charge on any atom is -0.390 e. The molecule has 0 atom stereocenters. The summed E-state index contributed by atoms with van der Waals surface area (Å²) in [5.74, 6) is 0. The van der Waals surface area contributed by atoms with Gasteiger partial charge in [-0.1, -0.05) is 54.6 Å². The summed E-state index contributed by atoms with van der Waals surface area (Å²) in [4.78, 5) is 11.5. The summed E-state index contributed by atoms with van der Waals surface area (Å²) >= 11 is 3.03. The van der Waals surface area contributed by atoms with E-state index in [1.54, 1.807) is 17.5 Å². The SMILES string of the molecule is C[C@]1(O)C[C@](N)(c2ccc(-c3nc(-c4cnc(C5(F)CCNCC5)s4)sc3-c3ccccc3)cc2)C1. The predicted octanol–water partition coefficient (Wildman–Crippen LogP) is 5.85. The number of benzene rings is 2. The smallest absolute Gasteiger partial charge is 0.164 e. The van der Waals surface area contributed by atoms with E-state index < -0.39 is 16.8 Å². The summed E-state index contributed by atoms with van der Waals surface area (Å²) in [5.41, 5.74) is 8.01. The highest BCUT2D eigenvalue weighted by atomic mass is 32.1. The van der Waals surface area contributed by atoms with E-state index in [1.165, 1.54) is 11.3 Å². The number of rotatable bonds is 5. The zero-order valence-electron chi connectivity index (χ0n) is 20.1. The maximum atomic E-state index is 15.5. The van der Waals surface area contributed by atoms with E-state index in [1.807, 2.05) is 37.3 Å². The van der Waals surface area contributed by atoms with Crippen LogP contribution in [0.3, 0.4) is 0 Å². The van der Waals surface area contributed by atoms with E-state index in [0.717, 1.165) is 37.1 Å². The van der Waals surface area contributed by atoms with Crippen LogP contribution >= 0.6 is 22.7 Å². The van der Waals surface area contributed by atoms with Crippen LogP contribution in [0.15, 0.2) is 60.8 Å². The fraction of sp³-hybridized carbons (Fsp3) is 0.357. The van der Waals surface area contributed by atoms with E-state index >= 15 is 4.39 Å². The van der Waals surface area contributed by atoms with Gasteiger partial charge < -0.3 is 16.2 Å². The van der Waals surface area contributed by atoms with E-state index in [9.17, 15) is 5.11 Å². The molecule has 5 nitrogen and oxygen atoms in total. The maximum absolute atomic E-state index is 15.5. The second kappa shape index (κ2) is 8.82. The van der Waals surface area contributed by atoms with Gasteiger partial charge in [0.1, 0.15) is 10.0 Å². The Bertz CT molecular complexity index is 1370. The van der Waals surface area contributed by atoms with Gasteiger partial charge in [0.15, 0.2) is 5.67 Å². The zero-order chi connectivity index (χ0) is 25.0. The molecule has 0 unspecified atom stereocenters. The summed E-state index contributed by atoms with van der Waals surface area (Å²) in [7, 11) is 0. The van der Waals surface area contributed by atoms with Gasteiger partial charge in [-0.2, -0.15) is 0 Å². The van der Waals surface area contributed by atoms with Crippen LogP contribution in [0.5, 0.6) is 0 Å². The summed E-state index contributed by atoms with van der Waals surface area (Å²) in [5, 5.41) is 14.8. The van der Waals surface area contributed by atoms with Crippen LogP contribution in [0.1, 0.15) is 43.2 Å². The van der Waals surface area contributed by atoms with Gasteiger partial charge >= 0.3 is 0 Å². The third kappa shape index (κ3) is 4.31. The largest absolute Gasteiger partial charge is 0.390 e. The average molecular weight is 521 g/mol. The van der Waals surface area contributed by atoms with Crippen LogP contribution < -0.4 is 11.1 Å². The van der Waals surface area contributed by atoms with Crippen molar-refractivity contribution in [2.45, 2.75) is 49.4 Å². The molecular formula is C28H29FN4OS2. The first kappa shape index (κ1) is 23.9. The molecule has 0 amide bonds. The first-order chi connectivity index (χ1) is 17.2. The van der Waals surface area contributed by atoms with Gasteiger partial charge in [0.2, 0.25) is 0 Å². The van der Waals surface area contributed by atoms with Crippen LogP contribution in [-0.2, 0) is 11.2 Å². The standard InChI is InChI=1S/C28H29FN4OS2/c1-26(34)16-28(30,17-26)20-9-7-18(8-10-20)22-23(19-5-3-2-4-6-19)36-24(33-22)21-15-32-25(35-21)27(29)11-13-31-14-12-27/h2-10,15,31,34H,11-14,16-17,30H2,1H3/t26-,28+. The lowest BCUT2D eigenvalue weighted by molar-refractivity contribution is -0.0738. The van der Waals surface area contributed by atoms with Crippen LogP contribution in [-0.4, -0.2) is 33.8 Å². The number of nitrogens with zero attached hydrogens (tertiary/aromatic N) is 2. The minimum absolute atomic E-state index is 0.447. The van der Waals surface area contributed by atoms with Crippen LogP contribution in [0, 0.1) is 0 Å². The molecule has 0 spiro atoms. The monoisotopic (exact) mass is 520 g/mol. The highest BCUT2D eigenvalue weighted by Gasteiger charge is 2.49. The molecule has 2 aromatic carbocycles. The molecule has 1 saturated carbocycles. The van der Waals surface area contributed by atoms with Crippen molar-refractivity contribution >= 4 is 22.7 Å². The second-order valence-electron chi connectivity index (χ2n) is 10.4. The Balaban J connectivity index is 1.36. The van der Waals surface area contributed by atoms with Crippen molar-refractivity contribution in [1.82, 2.24) is 15.3 Å². The van der Waals surface area contributed by atoms with Crippen molar-refractivity contribution in [3.63, 3.8) is 0 Å². The number of piperidine rings is 1. The molecule has 2 aromatic heterocycles. The van der Waals surface area contributed by atoms with Crippen LogP contribution in [0.2, 0.25) is 0 Å². The highest BCUT2D eigenvalue weighted by Crippen LogP contribution is 2.48. The number of hydrogen-bond donors (Lipinski definition) is 3. The van der Waals surface area contributed by atoms with Gasteiger partial charge in [0.05, 0.1) is 21.0 Å². The molecular weight excluding hydrogens is 491 g/mol. The second-order valence-corrected chi connectivity index (χ2v) is 12.4. The van der Waals surface area contributed by atoms with E-state index in [4.69, 9.17) is 10.7 Å². The molecule has 4 aromatic rings. The van der Waals surface area contributed by atoms with Gasteiger partial charge in [-0.3, -0.25) is 0 Å². The van der Waals surface area contributed by atoms with Gasteiger partial charge in [0, 0.05) is 30.1 Å². The highest BCUT2D eigenvalue weighted by molar-refractivity contribution is 7.23. The van der Waals surface area contributed by atoms with Crippen molar-refractivity contribution in [2.75, 3.05) is 13.1 Å². The quantitative estimate of drug-likeness (QED) is 0.308. The Morgan fingerprint density at radius 1 is 0.972 bits per heavy atom. The number of nitrogens with two attached hydrogens (primary N) is 1. The summed E-state index contributed by atoms with van der Waals surface area (Å²) in [6.45, 7) is 3.17. The molecule has 6 rings (SSSR count). The number of halogens is 1. The molecule has 1 aliphatic carbocycles. The minimum atomic E-state index is -1.36. The third-order valence-corrected chi connectivity index (χ3v) is 9.73. The number of aliphatic hydroxyl groups is 1. The third-order valence-electron chi connectivity index (χ3n) is 7.28. The summed E-state index contributed by atoms with van der Waals surface area (Å²) < 4.78 is 15.5. The molecule has 0 radical (unpaired) electrons. The molecule has 2 fully saturated rings. The molecule has 4 N–H and O–H groups in total. The van der Waals surface area contributed by atoms with E-state index in [-0.39, 0.29) is 0 Å². The summed E-state index contributed by atoms with van der Waals surface area (Å²) in [6, 6.07) is 18.4. The molecule has 2 aliphatic rings. The summed E-state index contributed by atoms with van der Waals surface area (Å²) in [6.07, 6.45) is 3.76. The molecule has 8 heteroatoms. The fourth-order valence-corrected chi connectivity index (χ4v) is 7.68. The van der Waals surface area contributed by atoms with Gasteiger partial charge in [-0.05, 0) is 44.0 Å². The topological polar surface area (TPSA) is 84.1 Å². The van der Waals surface area contributed by atoms with Crippen molar-refractivity contribution in [3.8, 4) is 31.6 Å². The van der Waals surface area contributed by atoms with E-state index in [0.29, 0.717) is 43.8 Å². The zero-order valence-corrected chi connectivity index (χ0v) is 21.8. The normalized spacial score (nSPS) is 25.4. The lowest BCUT2D eigenvalue weighted by atomic mass is 9.63. The lowest BCUT2D eigenvalue weighted by Gasteiger charge is -2.49. The Hall–Kier alpha value is -2.49. The van der Waals surface area contributed by atoms with Crippen LogP contribution in [0.4, 0.5) is 4.39 Å². The van der Waals surface area contributed by atoms with E-state index in [2.05, 4.69) is 34.6 Å². The number of alkyl halides is 1. The lowest BCUT2D eigenvalue weighted by Crippen LogP contribution is -2.58. The number of aromatic nitrogens is 2. The van der Waals surface area contributed by atoms with Crippen molar-refractivity contribution in [1.29, 1.82) is 0 Å². The van der Waals surface area contributed by atoms with Gasteiger partial charge in [0.25, 0.3) is 0 Å². The van der Waals surface area contributed by atoms with Crippen molar-refractivity contribution in [2.24, 2.45) is 5.73 Å². The van der Waals surface area contributed by atoms with Crippen molar-refractivity contribution in [3.05, 3.63) is 71.4 Å². The number of thiazole rings is 2.